The monoisotopic (exact) mass is 340 g/mol. The van der Waals surface area contributed by atoms with Crippen molar-refractivity contribution in [3.8, 4) is 0 Å². The molecule has 0 aliphatic carbocycles. The van der Waals surface area contributed by atoms with Gasteiger partial charge in [-0.2, -0.15) is 26.3 Å². The lowest BCUT2D eigenvalue weighted by Crippen LogP contribution is -2.44. The van der Waals surface area contributed by atoms with Crippen LogP contribution in [0, 0.1) is 0 Å². The number of ether oxygens (including phenoxy) is 2. The topological polar surface area (TPSA) is 55.8 Å². The van der Waals surface area contributed by atoms with Crippen LogP contribution in [0.3, 0.4) is 0 Å². The Morgan fingerprint density at radius 3 is 2.00 bits per heavy atom. The van der Waals surface area contributed by atoms with Crippen molar-refractivity contribution in [2.75, 3.05) is 13.2 Å². The molecule has 0 heterocycles. The lowest BCUT2D eigenvalue weighted by atomic mass is 10.2. The standard InChI is InChI=1S/C12H18F6O4/c1-2-3-4-5-6-21-8(11(13,14)15)7-22-9(10(19)20)12(16,17)18/h8-9H,2-7H2,1H3,(H,19,20). The number of carbonyl (C=O) groups is 1. The summed E-state index contributed by atoms with van der Waals surface area (Å²) in [4.78, 5) is 10.4. The number of hydrogen-bond acceptors (Lipinski definition) is 3. The van der Waals surface area contributed by atoms with Gasteiger partial charge in [-0.05, 0) is 6.42 Å². The van der Waals surface area contributed by atoms with Crippen molar-refractivity contribution < 1.29 is 45.7 Å². The summed E-state index contributed by atoms with van der Waals surface area (Å²) in [5.74, 6) is -2.41. The second-order valence-electron chi connectivity index (χ2n) is 4.55. The summed E-state index contributed by atoms with van der Waals surface area (Å²) in [6, 6.07) is 0. The number of unbranched alkanes of at least 4 members (excludes halogenated alkanes) is 3. The molecule has 0 aliphatic rings. The van der Waals surface area contributed by atoms with E-state index in [9.17, 15) is 31.1 Å². The van der Waals surface area contributed by atoms with Gasteiger partial charge in [0.25, 0.3) is 6.10 Å². The minimum absolute atomic E-state index is 0.294. The molecular formula is C12H18F6O4. The van der Waals surface area contributed by atoms with Crippen LogP contribution in [-0.4, -0.2) is 48.9 Å². The van der Waals surface area contributed by atoms with Gasteiger partial charge in [-0.25, -0.2) is 4.79 Å². The van der Waals surface area contributed by atoms with E-state index in [1.165, 1.54) is 0 Å². The van der Waals surface area contributed by atoms with Crippen molar-refractivity contribution in [2.24, 2.45) is 0 Å². The number of rotatable bonds is 10. The largest absolute Gasteiger partial charge is 0.479 e. The fourth-order valence-electron chi connectivity index (χ4n) is 1.48. The highest BCUT2D eigenvalue weighted by atomic mass is 19.4. The van der Waals surface area contributed by atoms with E-state index in [1.807, 2.05) is 6.92 Å². The van der Waals surface area contributed by atoms with E-state index >= 15 is 0 Å². The molecular weight excluding hydrogens is 322 g/mol. The van der Waals surface area contributed by atoms with Crippen LogP contribution in [0.15, 0.2) is 0 Å². The average Bonchev–Trinajstić information content (AvgIpc) is 2.32. The summed E-state index contributed by atoms with van der Waals surface area (Å²) in [5, 5.41) is 8.33. The van der Waals surface area contributed by atoms with Crippen LogP contribution >= 0.6 is 0 Å². The maximum Gasteiger partial charge on any atom is 0.425 e. The zero-order valence-corrected chi connectivity index (χ0v) is 11.8. The maximum absolute atomic E-state index is 12.6. The summed E-state index contributed by atoms with van der Waals surface area (Å²) in [6.45, 7) is 0.0709. The SMILES string of the molecule is CCCCCCOC(COC(C(=O)O)C(F)(F)F)C(F)(F)F. The average molecular weight is 340 g/mol. The minimum atomic E-state index is -5.30. The molecule has 0 saturated heterocycles. The number of carboxylic acids is 1. The van der Waals surface area contributed by atoms with Gasteiger partial charge in [0, 0.05) is 6.61 Å². The summed E-state index contributed by atoms with van der Waals surface area (Å²) in [5.41, 5.74) is 0. The van der Waals surface area contributed by atoms with E-state index in [4.69, 9.17) is 5.11 Å². The summed E-state index contributed by atoms with van der Waals surface area (Å²) < 4.78 is 83.0. The Morgan fingerprint density at radius 2 is 1.59 bits per heavy atom. The van der Waals surface area contributed by atoms with Gasteiger partial charge in [0.1, 0.15) is 0 Å². The Balaban J connectivity index is 4.50. The molecule has 4 nitrogen and oxygen atoms in total. The van der Waals surface area contributed by atoms with Crippen molar-refractivity contribution in [2.45, 2.75) is 57.2 Å². The number of aliphatic carboxylic acids is 1. The summed E-state index contributed by atoms with van der Waals surface area (Å²) in [7, 11) is 0. The van der Waals surface area contributed by atoms with E-state index < -0.39 is 37.1 Å². The molecule has 0 aliphatic heterocycles. The van der Waals surface area contributed by atoms with Gasteiger partial charge < -0.3 is 14.6 Å². The third-order valence-corrected chi connectivity index (χ3v) is 2.62. The van der Waals surface area contributed by atoms with Crippen LogP contribution in [-0.2, 0) is 14.3 Å². The fourth-order valence-corrected chi connectivity index (χ4v) is 1.48. The zero-order valence-electron chi connectivity index (χ0n) is 11.8. The summed E-state index contributed by atoms with van der Waals surface area (Å²) >= 11 is 0. The van der Waals surface area contributed by atoms with Crippen molar-refractivity contribution in [3.63, 3.8) is 0 Å². The van der Waals surface area contributed by atoms with Crippen LogP contribution in [0.2, 0.25) is 0 Å². The molecule has 0 aromatic carbocycles. The van der Waals surface area contributed by atoms with Crippen LogP contribution in [0.25, 0.3) is 0 Å². The third-order valence-electron chi connectivity index (χ3n) is 2.62. The molecule has 0 bridgehead atoms. The third kappa shape index (κ3) is 8.42. The molecule has 1 N–H and O–H groups in total. The number of hydrogen-bond donors (Lipinski definition) is 1. The predicted octanol–water partition coefficient (Wildman–Crippen LogP) is 3.55. The second kappa shape index (κ2) is 9.19. The number of halogens is 6. The summed E-state index contributed by atoms with van der Waals surface area (Å²) in [6.07, 6.45) is -13.6. The Hall–Kier alpha value is -1.03. The molecule has 0 fully saturated rings. The highest BCUT2D eigenvalue weighted by Gasteiger charge is 2.49. The first-order valence-corrected chi connectivity index (χ1v) is 6.59. The predicted molar refractivity (Wildman–Crippen MR) is 63.4 cm³/mol. The number of carboxylic acid groups (broad SMARTS) is 1. The van der Waals surface area contributed by atoms with Crippen molar-refractivity contribution in [1.29, 1.82) is 0 Å². The Kier molecular flexibility index (Phi) is 8.76. The molecule has 0 spiro atoms. The van der Waals surface area contributed by atoms with Gasteiger partial charge in [0.05, 0.1) is 6.61 Å². The van der Waals surface area contributed by atoms with Gasteiger partial charge >= 0.3 is 18.3 Å². The highest BCUT2D eigenvalue weighted by Crippen LogP contribution is 2.27. The molecule has 10 heteroatoms. The van der Waals surface area contributed by atoms with E-state index in [0.717, 1.165) is 12.8 Å². The maximum atomic E-state index is 12.6. The van der Waals surface area contributed by atoms with Gasteiger partial charge in [-0.15, -0.1) is 0 Å². The molecule has 132 valence electrons. The Bertz CT molecular complexity index is 329. The molecule has 22 heavy (non-hydrogen) atoms. The normalized spacial score (nSPS) is 15.6. The Labute approximate surface area is 123 Å². The van der Waals surface area contributed by atoms with Crippen molar-refractivity contribution >= 4 is 5.97 Å². The second-order valence-corrected chi connectivity index (χ2v) is 4.55. The van der Waals surface area contributed by atoms with E-state index in [1.54, 1.807) is 0 Å². The zero-order chi connectivity index (χ0) is 17.4. The minimum Gasteiger partial charge on any atom is -0.479 e. The fraction of sp³-hybridized carbons (Fsp3) is 0.917. The first-order chi connectivity index (χ1) is 10.00. The molecule has 2 atom stereocenters. The lowest BCUT2D eigenvalue weighted by Gasteiger charge is -2.23. The first-order valence-electron chi connectivity index (χ1n) is 6.59. The number of alkyl halides is 6. The van der Waals surface area contributed by atoms with Crippen molar-refractivity contribution in [3.05, 3.63) is 0 Å². The van der Waals surface area contributed by atoms with E-state index in [-0.39, 0.29) is 6.61 Å². The van der Waals surface area contributed by atoms with E-state index in [2.05, 4.69) is 9.47 Å². The lowest BCUT2D eigenvalue weighted by molar-refractivity contribution is -0.264. The Morgan fingerprint density at radius 1 is 1.00 bits per heavy atom. The molecule has 0 radical (unpaired) electrons. The molecule has 0 aromatic heterocycles. The highest BCUT2D eigenvalue weighted by molar-refractivity contribution is 5.73. The van der Waals surface area contributed by atoms with Gasteiger partial charge in [-0.1, -0.05) is 26.2 Å². The molecule has 0 aromatic rings. The van der Waals surface area contributed by atoms with Gasteiger partial charge in [0.15, 0.2) is 6.10 Å². The molecule has 2 unspecified atom stereocenters. The van der Waals surface area contributed by atoms with Crippen LogP contribution in [0.5, 0.6) is 0 Å². The molecule has 0 saturated carbocycles. The first kappa shape index (κ1) is 21.0. The molecule has 0 amide bonds. The van der Waals surface area contributed by atoms with Gasteiger partial charge in [0.2, 0.25) is 0 Å². The van der Waals surface area contributed by atoms with Crippen molar-refractivity contribution in [1.82, 2.24) is 0 Å². The van der Waals surface area contributed by atoms with E-state index in [0.29, 0.717) is 12.8 Å². The van der Waals surface area contributed by atoms with Crippen LogP contribution in [0.4, 0.5) is 26.3 Å². The smallest absolute Gasteiger partial charge is 0.425 e. The van der Waals surface area contributed by atoms with Crippen LogP contribution in [0.1, 0.15) is 32.6 Å². The van der Waals surface area contributed by atoms with Crippen LogP contribution < -0.4 is 0 Å². The molecule has 0 rings (SSSR count). The van der Waals surface area contributed by atoms with Gasteiger partial charge in [-0.3, -0.25) is 0 Å². The quantitative estimate of drug-likeness (QED) is 0.488.